The largest absolute Gasteiger partial charge is 0.467 e. The van der Waals surface area contributed by atoms with E-state index in [-0.39, 0.29) is 18.8 Å². The van der Waals surface area contributed by atoms with Gasteiger partial charge in [-0.05, 0) is 6.92 Å². The van der Waals surface area contributed by atoms with Crippen LogP contribution in [0.5, 0.6) is 0 Å². The first kappa shape index (κ1) is 17.1. The van der Waals surface area contributed by atoms with Crippen molar-refractivity contribution in [3.05, 3.63) is 0 Å². The number of amides is 2. The summed E-state index contributed by atoms with van der Waals surface area (Å²) in [6.07, 6.45) is -0.264. The Labute approximate surface area is 99.3 Å². The van der Waals surface area contributed by atoms with Crippen LogP contribution >= 0.6 is 12.4 Å². The highest BCUT2D eigenvalue weighted by Crippen LogP contribution is 1.91. The predicted molar refractivity (Wildman–Crippen MR) is 58.7 cm³/mol. The summed E-state index contributed by atoms with van der Waals surface area (Å²) in [5, 5.41) is 2.29. The van der Waals surface area contributed by atoms with Crippen molar-refractivity contribution >= 4 is 30.2 Å². The van der Waals surface area contributed by atoms with E-state index in [1.807, 2.05) is 0 Å². The van der Waals surface area contributed by atoms with Gasteiger partial charge in [-0.25, -0.2) is 4.79 Å². The standard InChI is InChI=1S/C8H15N3O4.ClH/c1-4(8(14)15-2)11-7(13)5(9)3-6(10)12;/h4-5H,3,9H2,1-2H3,(H2,10,12)(H,11,13);1H/t4-,5+;/m0./s1. The van der Waals surface area contributed by atoms with Crippen LogP contribution in [0.2, 0.25) is 0 Å². The van der Waals surface area contributed by atoms with E-state index in [1.165, 1.54) is 14.0 Å². The van der Waals surface area contributed by atoms with Crippen LogP contribution in [0.15, 0.2) is 0 Å². The lowest BCUT2D eigenvalue weighted by molar-refractivity contribution is -0.144. The summed E-state index contributed by atoms with van der Waals surface area (Å²) in [5.41, 5.74) is 10.2. The molecule has 0 aliphatic heterocycles. The summed E-state index contributed by atoms with van der Waals surface area (Å²) in [6.45, 7) is 1.45. The average Bonchev–Trinajstić information content (AvgIpc) is 2.15. The topological polar surface area (TPSA) is 125 Å². The maximum Gasteiger partial charge on any atom is 0.328 e. The maximum absolute atomic E-state index is 11.3. The van der Waals surface area contributed by atoms with Gasteiger partial charge in [0, 0.05) is 0 Å². The number of nitrogens with one attached hydrogen (secondary N) is 1. The molecule has 0 aromatic heterocycles. The second-order valence-electron chi connectivity index (χ2n) is 3.03. The number of hydrogen-bond acceptors (Lipinski definition) is 5. The SMILES string of the molecule is COC(=O)[C@H](C)NC(=O)[C@H](N)CC(N)=O.Cl. The number of hydrogen-bond donors (Lipinski definition) is 3. The monoisotopic (exact) mass is 253 g/mol. The van der Waals surface area contributed by atoms with Gasteiger partial charge < -0.3 is 21.5 Å². The van der Waals surface area contributed by atoms with E-state index in [1.54, 1.807) is 0 Å². The van der Waals surface area contributed by atoms with Crippen LogP contribution < -0.4 is 16.8 Å². The minimum atomic E-state index is -1.05. The maximum atomic E-state index is 11.3. The molecule has 0 heterocycles. The van der Waals surface area contributed by atoms with Crippen molar-refractivity contribution in [2.24, 2.45) is 11.5 Å². The molecule has 8 heteroatoms. The highest BCUT2D eigenvalue weighted by atomic mass is 35.5. The van der Waals surface area contributed by atoms with Crippen LogP contribution in [-0.2, 0) is 19.1 Å². The van der Waals surface area contributed by atoms with E-state index < -0.39 is 29.9 Å². The van der Waals surface area contributed by atoms with Crippen molar-refractivity contribution in [2.75, 3.05) is 7.11 Å². The fourth-order valence-corrected chi connectivity index (χ4v) is 0.866. The zero-order valence-corrected chi connectivity index (χ0v) is 9.87. The molecule has 0 unspecified atom stereocenters. The van der Waals surface area contributed by atoms with Gasteiger partial charge in [0.05, 0.1) is 19.6 Å². The van der Waals surface area contributed by atoms with Crippen LogP contribution in [0.3, 0.4) is 0 Å². The minimum Gasteiger partial charge on any atom is -0.467 e. The van der Waals surface area contributed by atoms with Gasteiger partial charge in [0.15, 0.2) is 0 Å². The molecular formula is C8H16ClN3O4. The lowest BCUT2D eigenvalue weighted by Gasteiger charge is -2.14. The first-order chi connectivity index (χ1) is 6.88. The predicted octanol–water partition coefficient (Wildman–Crippen LogP) is -1.71. The Morgan fingerprint density at radius 1 is 1.38 bits per heavy atom. The number of halogens is 1. The summed E-state index contributed by atoms with van der Waals surface area (Å²) < 4.78 is 4.39. The molecule has 2 amide bonds. The Bertz CT molecular complexity index is 272. The molecule has 0 fully saturated rings. The number of esters is 1. The van der Waals surface area contributed by atoms with Gasteiger partial charge in [-0.1, -0.05) is 0 Å². The van der Waals surface area contributed by atoms with Crippen LogP contribution in [-0.4, -0.2) is 37.0 Å². The van der Waals surface area contributed by atoms with Crippen molar-refractivity contribution in [2.45, 2.75) is 25.4 Å². The van der Waals surface area contributed by atoms with Gasteiger partial charge in [0.1, 0.15) is 6.04 Å². The molecule has 94 valence electrons. The van der Waals surface area contributed by atoms with Crippen molar-refractivity contribution in [1.29, 1.82) is 0 Å². The second kappa shape index (κ2) is 7.89. The molecule has 0 aromatic rings. The van der Waals surface area contributed by atoms with Crippen LogP contribution in [0.25, 0.3) is 0 Å². The summed E-state index contributed by atoms with van der Waals surface area (Å²) in [5.74, 6) is -1.88. The first-order valence-corrected chi connectivity index (χ1v) is 4.30. The molecule has 0 aliphatic carbocycles. The Balaban J connectivity index is 0. The highest BCUT2D eigenvalue weighted by Gasteiger charge is 2.21. The molecule has 7 nitrogen and oxygen atoms in total. The van der Waals surface area contributed by atoms with Gasteiger partial charge >= 0.3 is 5.97 Å². The summed E-state index contributed by atoms with van der Waals surface area (Å²) in [4.78, 5) is 32.6. The zero-order valence-electron chi connectivity index (χ0n) is 9.06. The summed E-state index contributed by atoms with van der Waals surface area (Å²) in [7, 11) is 1.20. The molecule has 0 saturated heterocycles. The smallest absolute Gasteiger partial charge is 0.328 e. The number of primary amides is 1. The molecule has 0 spiro atoms. The van der Waals surface area contributed by atoms with Gasteiger partial charge in [0.2, 0.25) is 11.8 Å². The normalized spacial score (nSPS) is 12.9. The molecule has 2 atom stereocenters. The molecular weight excluding hydrogens is 238 g/mol. The quantitative estimate of drug-likeness (QED) is 0.503. The van der Waals surface area contributed by atoms with Crippen molar-refractivity contribution in [1.82, 2.24) is 5.32 Å². The van der Waals surface area contributed by atoms with Gasteiger partial charge in [-0.15, -0.1) is 12.4 Å². The Kier molecular flexibility index (Phi) is 8.41. The van der Waals surface area contributed by atoms with E-state index in [9.17, 15) is 14.4 Å². The molecule has 0 radical (unpaired) electrons. The minimum absolute atomic E-state index is 0. The van der Waals surface area contributed by atoms with E-state index in [4.69, 9.17) is 11.5 Å². The molecule has 0 saturated carbocycles. The number of methoxy groups -OCH3 is 1. The van der Waals surface area contributed by atoms with Crippen molar-refractivity contribution < 1.29 is 19.1 Å². The second-order valence-corrected chi connectivity index (χ2v) is 3.03. The third kappa shape index (κ3) is 6.20. The summed E-state index contributed by atoms with van der Waals surface area (Å²) >= 11 is 0. The van der Waals surface area contributed by atoms with E-state index in [0.717, 1.165) is 0 Å². The molecule has 0 aromatic carbocycles. The Hall–Kier alpha value is -1.34. The van der Waals surface area contributed by atoms with E-state index in [0.29, 0.717) is 0 Å². The van der Waals surface area contributed by atoms with Gasteiger partial charge in [0.25, 0.3) is 0 Å². The number of nitrogens with two attached hydrogens (primary N) is 2. The number of carbonyl (C=O) groups is 3. The van der Waals surface area contributed by atoms with Gasteiger partial charge in [-0.3, -0.25) is 9.59 Å². The van der Waals surface area contributed by atoms with Crippen molar-refractivity contribution in [3.63, 3.8) is 0 Å². The Morgan fingerprint density at radius 3 is 2.25 bits per heavy atom. The third-order valence-electron chi connectivity index (χ3n) is 1.67. The molecule has 0 aliphatic rings. The molecule has 0 bridgehead atoms. The van der Waals surface area contributed by atoms with E-state index in [2.05, 4.69) is 10.1 Å². The average molecular weight is 254 g/mol. The molecule has 0 rings (SSSR count). The lowest BCUT2D eigenvalue weighted by Crippen LogP contribution is -2.48. The number of ether oxygens (including phenoxy) is 1. The van der Waals surface area contributed by atoms with E-state index >= 15 is 0 Å². The molecule has 5 N–H and O–H groups in total. The number of carbonyl (C=O) groups excluding carboxylic acids is 3. The fraction of sp³-hybridized carbons (Fsp3) is 0.625. The lowest BCUT2D eigenvalue weighted by atomic mass is 10.2. The van der Waals surface area contributed by atoms with Crippen LogP contribution in [0.4, 0.5) is 0 Å². The Morgan fingerprint density at radius 2 is 1.88 bits per heavy atom. The van der Waals surface area contributed by atoms with Crippen molar-refractivity contribution in [3.8, 4) is 0 Å². The fourth-order valence-electron chi connectivity index (χ4n) is 0.866. The number of rotatable bonds is 5. The van der Waals surface area contributed by atoms with Crippen LogP contribution in [0.1, 0.15) is 13.3 Å². The zero-order chi connectivity index (χ0) is 12.0. The molecule has 16 heavy (non-hydrogen) atoms. The van der Waals surface area contributed by atoms with Gasteiger partial charge in [-0.2, -0.15) is 0 Å². The summed E-state index contributed by atoms with van der Waals surface area (Å²) in [6, 6.07) is -1.85. The first-order valence-electron chi connectivity index (χ1n) is 4.30. The third-order valence-corrected chi connectivity index (χ3v) is 1.67. The highest BCUT2D eigenvalue weighted by molar-refractivity contribution is 5.90. The van der Waals surface area contributed by atoms with Crippen LogP contribution in [0, 0.1) is 0 Å².